The van der Waals surface area contributed by atoms with Gasteiger partial charge in [0.15, 0.2) is 5.82 Å². The van der Waals surface area contributed by atoms with E-state index in [1.54, 1.807) is 11.2 Å². The standard InChI is InChI=1S/C51H57N11O.CH4S/c1-9-10-25-60-29-42(38-20-23-53-47(38)33(60)5)44-27-43(35-15-16-35)58-48(59-44)39-21-24-54-49-40(39)22-26-61(49)51(7,8)34(6)57-37(28-55-52)18-17-36-12-11-13-41-46(36)32(4)62(50(41)63)45-19-14-30(2)56-31(45)3;1-2/h9,11-13,20-24,26-29,34-35,45,53,55-57H,1-5,10,14-19,25,52H2,6-8H3;2H,1H3/b37-28-;. The molecule has 6 N–H and O–H groups in total. The van der Waals surface area contributed by atoms with Gasteiger partial charge in [-0.2, -0.15) is 12.6 Å². The molecule has 4 aromatic heterocycles. The van der Waals surface area contributed by atoms with Gasteiger partial charge in [0.2, 0.25) is 0 Å². The molecule has 1 aromatic carbocycles. The maximum absolute atomic E-state index is 13.8. The number of benzene rings is 1. The summed E-state index contributed by atoms with van der Waals surface area (Å²) in [4.78, 5) is 36.7. The van der Waals surface area contributed by atoms with Gasteiger partial charge >= 0.3 is 0 Å². The van der Waals surface area contributed by atoms with Crippen LogP contribution in [0.1, 0.15) is 109 Å². The minimum absolute atomic E-state index is 0.0432. The van der Waals surface area contributed by atoms with Crippen LogP contribution in [-0.4, -0.2) is 65.1 Å². The van der Waals surface area contributed by atoms with Crippen LogP contribution in [0.4, 0.5) is 0 Å². The van der Waals surface area contributed by atoms with Gasteiger partial charge in [0, 0.05) is 111 Å². The number of thiol groups is 1. The first-order chi connectivity index (χ1) is 31.4. The summed E-state index contributed by atoms with van der Waals surface area (Å²) < 4.78 is 2.24. The van der Waals surface area contributed by atoms with Crippen molar-refractivity contribution in [1.82, 2.24) is 50.4 Å². The van der Waals surface area contributed by atoms with Crippen LogP contribution in [0.2, 0.25) is 0 Å². The first-order valence-corrected chi connectivity index (χ1v) is 23.3. The lowest BCUT2D eigenvalue weighted by Crippen LogP contribution is -2.46. The number of nitrogens with zero attached hydrogens (tertiary/aromatic N) is 6. The quantitative estimate of drug-likeness (QED) is 0.0262. The van der Waals surface area contributed by atoms with E-state index >= 15 is 0 Å². The highest BCUT2D eigenvalue weighted by Crippen LogP contribution is 2.43. The van der Waals surface area contributed by atoms with Gasteiger partial charge < -0.3 is 30.5 Å². The Balaban J connectivity index is 0.00000284. The smallest absolute Gasteiger partial charge is 0.259 e. The Morgan fingerprint density at radius 1 is 1.05 bits per heavy atom. The van der Waals surface area contributed by atoms with Crippen molar-refractivity contribution in [3.05, 3.63) is 169 Å². The average Bonchev–Trinajstić information content (AvgIpc) is 3.76. The molecule has 2 unspecified atom stereocenters. The van der Waals surface area contributed by atoms with Gasteiger partial charge in [0.25, 0.3) is 5.91 Å². The molecule has 13 heteroatoms. The lowest BCUT2D eigenvalue weighted by molar-refractivity contribution is 0.0809. The average molecular weight is 888 g/mol. The zero-order valence-electron chi connectivity index (χ0n) is 38.0. The lowest BCUT2D eigenvalue weighted by atomic mass is 9.94. The molecule has 1 saturated heterocycles. The van der Waals surface area contributed by atoms with E-state index in [1.807, 2.05) is 42.9 Å². The molecule has 5 aromatic rings. The van der Waals surface area contributed by atoms with E-state index in [0.717, 1.165) is 117 Å². The highest BCUT2D eigenvalue weighted by Gasteiger charge is 2.40. The van der Waals surface area contributed by atoms with Crippen molar-refractivity contribution in [3.8, 4) is 11.4 Å². The third-order valence-electron chi connectivity index (χ3n) is 13.3. The van der Waals surface area contributed by atoms with Crippen LogP contribution in [0.5, 0.6) is 0 Å². The second kappa shape index (κ2) is 18.5. The van der Waals surface area contributed by atoms with Gasteiger partial charge in [-0.05, 0) is 108 Å². The van der Waals surface area contributed by atoms with Crippen LogP contribution >= 0.6 is 12.6 Å². The van der Waals surface area contributed by atoms with Crippen molar-refractivity contribution in [1.29, 1.82) is 0 Å². The highest BCUT2D eigenvalue weighted by molar-refractivity contribution is 7.79. The van der Waals surface area contributed by atoms with Gasteiger partial charge in [-0.15, -0.1) is 6.58 Å². The molecule has 9 rings (SSSR count). The number of pyridine rings is 1. The monoisotopic (exact) mass is 887 g/mol. The number of H-pyrrole nitrogens is 1. The molecule has 1 amide bonds. The number of rotatable bonds is 15. The molecule has 336 valence electrons. The van der Waals surface area contributed by atoms with Crippen LogP contribution in [0.3, 0.4) is 0 Å². The summed E-state index contributed by atoms with van der Waals surface area (Å²) in [5.41, 5.74) is 16.1. The molecular weight excluding hydrogens is 827 g/mol. The Kier molecular flexibility index (Phi) is 12.8. The second-order valence-electron chi connectivity index (χ2n) is 17.7. The van der Waals surface area contributed by atoms with Crippen molar-refractivity contribution in [2.45, 2.75) is 89.3 Å². The Morgan fingerprint density at radius 3 is 2.58 bits per heavy atom. The second-order valence-corrected chi connectivity index (χ2v) is 17.7. The highest BCUT2D eigenvalue weighted by atomic mass is 32.1. The fourth-order valence-electron chi connectivity index (χ4n) is 9.32. The molecule has 65 heavy (non-hydrogen) atoms. The number of nitrogens with one attached hydrogen (secondary N) is 4. The van der Waals surface area contributed by atoms with E-state index in [4.69, 9.17) is 20.8 Å². The molecule has 1 saturated carbocycles. The number of carbonyl (C=O) groups excluding carboxylic acids is 1. The summed E-state index contributed by atoms with van der Waals surface area (Å²) in [5.74, 6) is 6.99. The molecule has 7 heterocycles. The molecule has 4 aliphatic rings. The first-order valence-electron chi connectivity index (χ1n) is 22.4. The van der Waals surface area contributed by atoms with Crippen molar-refractivity contribution in [2.75, 3.05) is 12.8 Å². The molecule has 12 nitrogen and oxygen atoms in total. The summed E-state index contributed by atoms with van der Waals surface area (Å²) in [6, 6.07) is 14.1. The van der Waals surface area contributed by atoms with Crippen molar-refractivity contribution < 1.29 is 4.79 Å². The number of nitrogens with two attached hydrogens (primary N) is 1. The van der Waals surface area contributed by atoms with Crippen molar-refractivity contribution in [2.24, 2.45) is 5.84 Å². The summed E-state index contributed by atoms with van der Waals surface area (Å²) in [6.07, 6.45) is 19.5. The van der Waals surface area contributed by atoms with E-state index in [0.29, 0.717) is 35.8 Å². The topological polar surface area (TPSA) is 145 Å². The number of fused-ring (bicyclic) bond motifs is 3. The van der Waals surface area contributed by atoms with Crippen molar-refractivity contribution in [3.63, 3.8) is 0 Å². The third kappa shape index (κ3) is 8.46. The van der Waals surface area contributed by atoms with Crippen LogP contribution in [-0.2, 0) is 12.0 Å². The minimum Gasteiger partial charge on any atom is -0.382 e. The molecule has 2 fully saturated rings. The molecule has 0 radical (unpaired) electrons. The maximum Gasteiger partial charge on any atom is 0.259 e. The van der Waals surface area contributed by atoms with Gasteiger partial charge in [-0.25, -0.2) is 15.0 Å². The Morgan fingerprint density at radius 2 is 1.85 bits per heavy atom. The van der Waals surface area contributed by atoms with E-state index in [-0.39, 0.29) is 18.0 Å². The number of aromatic amines is 1. The lowest BCUT2D eigenvalue weighted by Gasteiger charge is -2.36. The Hall–Kier alpha value is -6.57. The minimum atomic E-state index is -0.450. The van der Waals surface area contributed by atoms with Crippen LogP contribution in [0.15, 0.2) is 130 Å². The molecule has 2 atom stereocenters. The molecule has 1 aliphatic carbocycles. The van der Waals surface area contributed by atoms with Gasteiger partial charge in [-0.3, -0.25) is 15.5 Å². The summed E-state index contributed by atoms with van der Waals surface area (Å²) in [5, 5.41) is 8.01. The van der Waals surface area contributed by atoms with E-state index in [9.17, 15) is 4.79 Å². The number of aromatic nitrogens is 5. The zero-order chi connectivity index (χ0) is 46.2. The number of allylic oxidation sites excluding steroid dienone is 2. The fourth-order valence-corrected chi connectivity index (χ4v) is 9.32. The Labute approximate surface area is 388 Å². The number of hydrogen-bond donors (Lipinski definition) is 6. The summed E-state index contributed by atoms with van der Waals surface area (Å²) in [6.45, 7) is 28.4. The van der Waals surface area contributed by atoms with Gasteiger partial charge in [-0.1, -0.05) is 44.5 Å². The fraction of sp³-hybridized carbons (Fsp3) is 0.308. The number of carbonyl (C=O) groups is 1. The molecule has 0 bridgehead atoms. The van der Waals surface area contributed by atoms with Crippen molar-refractivity contribution >= 4 is 46.5 Å². The summed E-state index contributed by atoms with van der Waals surface area (Å²) in [7, 11) is 0. The molecule has 0 spiro atoms. The zero-order valence-corrected chi connectivity index (χ0v) is 38.9. The van der Waals surface area contributed by atoms with E-state index in [2.05, 4.69) is 133 Å². The third-order valence-corrected chi connectivity index (χ3v) is 13.3. The predicted octanol–water partition coefficient (Wildman–Crippen LogP) is 9.35. The largest absolute Gasteiger partial charge is 0.382 e. The predicted molar refractivity (Wildman–Crippen MR) is 268 cm³/mol. The van der Waals surface area contributed by atoms with E-state index in [1.165, 1.54) is 0 Å². The number of aryl methyl sites for hydroxylation is 1. The van der Waals surface area contributed by atoms with Crippen LogP contribution < -0.4 is 21.9 Å². The van der Waals surface area contributed by atoms with Crippen LogP contribution in [0.25, 0.3) is 39.4 Å². The number of amides is 1. The first kappa shape index (κ1) is 45.0. The number of piperidine rings is 1. The summed E-state index contributed by atoms with van der Waals surface area (Å²) >= 11 is 3.53. The van der Waals surface area contributed by atoms with Crippen LogP contribution in [0, 0.1) is 0 Å². The number of hydrogen-bond acceptors (Lipinski definition) is 10. The van der Waals surface area contributed by atoms with Gasteiger partial charge in [0.05, 0.1) is 28.7 Å². The van der Waals surface area contributed by atoms with E-state index < -0.39 is 5.54 Å². The molecular formula is C52H61N11OS. The molecule has 3 aliphatic heterocycles. The van der Waals surface area contributed by atoms with Gasteiger partial charge in [0.1, 0.15) is 5.65 Å². The Bertz CT molecular complexity index is 2780. The number of hydrazine groups is 1. The normalized spacial score (nSPS) is 17.9. The maximum atomic E-state index is 13.8. The SMILES string of the molecule is C=CCCN1C=C(c2cc(C3CC3)nc(-c3ccnc4c3ccn4C(C)(C)C(C)N/C(=C\NN)CCc3cccc4c3C(=C)N(C3CCC(=C)NC3=C)C4=O)n2)c2cc[nH]c2C1=C.CS.